The third-order valence-corrected chi connectivity index (χ3v) is 4.02. The van der Waals surface area contributed by atoms with E-state index in [0.29, 0.717) is 18.8 Å². The number of rotatable bonds is 16. The maximum Gasteiger partial charge on any atom is 0.306 e. The van der Waals surface area contributed by atoms with Crippen LogP contribution in [0.1, 0.15) is 96.8 Å². The van der Waals surface area contributed by atoms with Crippen molar-refractivity contribution in [3.8, 4) is 0 Å². The fourth-order valence-electron chi connectivity index (χ4n) is 2.46. The van der Waals surface area contributed by atoms with Gasteiger partial charge in [0, 0.05) is 5.75 Å². The van der Waals surface area contributed by atoms with Gasteiger partial charge in [-0.25, -0.2) is 0 Å². The van der Waals surface area contributed by atoms with Crippen LogP contribution in [0.3, 0.4) is 0 Å². The van der Waals surface area contributed by atoms with Crippen molar-refractivity contribution in [2.45, 2.75) is 96.8 Å². The molecule has 2 nitrogen and oxygen atoms in total. The Hall–Kier alpha value is -0.180. The van der Waals surface area contributed by atoms with Crippen molar-refractivity contribution < 1.29 is 9.53 Å². The van der Waals surface area contributed by atoms with Gasteiger partial charge in [0.1, 0.15) is 0 Å². The Bertz CT molecular complexity index is 219. The van der Waals surface area contributed by atoms with Crippen LogP contribution < -0.4 is 0 Å². The summed E-state index contributed by atoms with van der Waals surface area (Å²) < 4.78 is 5.08. The summed E-state index contributed by atoms with van der Waals surface area (Å²) in [7, 11) is 0. The molecule has 0 aliphatic heterocycles. The Morgan fingerprint density at radius 1 is 0.762 bits per heavy atom. The molecule has 3 heteroatoms. The first-order valence-corrected chi connectivity index (χ1v) is 9.62. The van der Waals surface area contributed by atoms with E-state index in [-0.39, 0.29) is 5.97 Å². The van der Waals surface area contributed by atoms with E-state index in [4.69, 9.17) is 17.4 Å². The summed E-state index contributed by atoms with van der Waals surface area (Å²) >= 11 is 4.73. The zero-order valence-corrected chi connectivity index (χ0v) is 14.9. The Labute approximate surface area is 137 Å². The zero-order valence-electron chi connectivity index (χ0n) is 14.0. The average molecular weight is 316 g/mol. The van der Waals surface area contributed by atoms with E-state index in [2.05, 4.69) is 6.92 Å². The van der Waals surface area contributed by atoms with Crippen LogP contribution in [0.4, 0.5) is 0 Å². The quantitative estimate of drug-likeness (QED) is 0.250. The Balaban J connectivity index is 3.01. The lowest BCUT2D eigenvalue weighted by Crippen LogP contribution is -2.06. The molecule has 0 bridgehead atoms. The molecule has 0 N–H and O–H groups in total. The van der Waals surface area contributed by atoms with Gasteiger partial charge in [-0.2, -0.15) is 0 Å². The number of carbonyl (C=O) groups excluding carboxylic acids is 1. The number of carbonyl (C=O) groups is 1. The van der Waals surface area contributed by atoms with Crippen LogP contribution in [0, 0.1) is 0 Å². The largest absolute Gasteiger partial charge is 0.466 e. The first-order chi connectivity index (χ1) is 10.3. The minimum absolute atomic E-state index is 0.135. The summed E-state index contributed by atoms with van der Waals surface area (Å²) in [6.07, 6.45) is 17.8. The van der Waals surface area contributed by atoms with Gasteiger partial charge in [-0.15, -0.1) is 0 Å². The van der Waals surface area contributed by atoms with Gasteiger partial charge in [0.2, 0.25) is 0 Å². The minimum atomic E-state index is -0.135. The number of ether oxygens (including phenoxy) is 1. The highest BCUT2D eigenvalue weighted by molar-refractivity contribution is 7.80. The van der Waals surface area contributed by atoms with E-state index in [1.807, 2.05) is 0 Å². The molecule has 0 saturated carbocycles. The summed E-state index contributed by atoms with van der Waals surface area (Å²) in [4.78, 5) is 11.1. The highest BCUT2D eigenvalue weighted by Gasteiger charge is 2.00. The molecule has 0 aromatic heterocycles. The third kappa shape index (κ3) is 17.8. The zero-order chi connectivity index (χ0) is 15.6. The Morgan fingerprint density at radius 3 is 1.62 bits per heavy atom. The van der Waals surface area contributed by atoms with Crippen molar-refractivity contribution >= 4 is 18.6 Å². The van der Waals surface area contributed by atoms with Crippen LogP contribution in [-0.4, -0.2) is 18.3 Å². The molecular weight excluding hydrogens is 280 g/mol. The molecule has 0 spiro atoms. The van der Waals surface area contributed by atoms with Crippen LogP contribution in [0.15, 0.2) is 0 Å². The van der Waals surface area contributed by atoms with E-state index < -0.39 is 0 Å². The van der Waals surface area contributed by atoms with E-state index in [1.165, 1.54) is 77.0 Å². The van der Waals surface area contributed by atoms with Gasteiger partial charge < -0.3 is 4.74 Å². The minimum Gasteiger partial charge on any atom is -0.466 e. The van der Waals surface area contributed by atoms with Gasteiger partial charge in [-0.3, -0.25) is 4.79 Å². The molecule has 0 rings (SSSR count). The van der Waals surface area contributed by atoms with Crippen molar-refractivity contribution in [1.82, 2.24) is 0 Å². The van der Waals surface area contributed by atoms with Gasteiger partial charge in [0.25, 0.3) is 0 Å². The molecule has 0 aromatic rings. The molecular formula is C18H35O2S. The van der Waals surface area contributed by atoms with Gasteiger partial charge in [0.05, 0.1) is 13.0 Å². The average Bonchev–Trinajstić information content (AvgIpc) is 2.48. The molecule has 0 aliphatic rings. The summed E-state index contributed by atoms with van der Waals surface area (Å²) in [6, 6.07) is 0. The molecule has 0 atom stereocenters. The molecule has 125 valence electrons. The highest BCUT2D eigenvalue weighted by Crippen LogP contribution is 2.12. The lowest BCUT2D eigenvalue weighted by atomic mass is 10.0. The van der Waals surface area contributed by atoms with Crippen molar-refractivity contribution in [2.75, 3.05) is 12.4 Å². The third-order valence-electron chi connectivity index (χ3n) is 3.82. The molecule has 0 saturated heterocycles. The van der Waals surface area contributed by atoms with Gasteiger partial charge in [-0.05, 0) is 6.42 Å². The number of unbranched alkanes of at least 4 members (excludes halogenated alkanes) is 12. The summed E-state index contributed by atoms with van der Waals surface area (Å²) in [5, 5.41) is 0. The standard InChI is InChI=1S/C18H35O2S/c1-2-3-4-5-6-7-8-9-10-11-12-13-14-16-20-18(19)15-17-21/h2-17H2,1H3. The van der Waals surface area contributed by atoms with E-state index in [9.17, 15) is 4.79 Å². The van der Waals surface area contributed by atoms with Crippen LogP contribution in [0.2, 0.25) is 0 Å². The maximum atomic E-state index is 11.1. The van der Waals surface area contributed by atoms with E-state index in [0.717, 1.165) is 6.42 Å². The Morgan fingerprint density at radius 2 is 1.19 bits per heavy atom. The lowest BCUT2D eigenvalue weighted by molar-refractivity contribution is -0.143. The summed E-state index contributed by atoms with van der Waals surface area (Å²) in [6.45, 7) is 2.84. The molecule has 0 amide bonds. The van der Waals surface area contributed by atoms with Crippen molar-refractivity contribution in [1.29, 1.82) is 0 Å². The van der Waals surface area contributed by atoms with Crippen LogP contribution in [0.5, 0.6) is 0 Å². The fraction of sp³-hybridized carbons (Fsp3) is 0.944. The summed E-state index contributed by atoms with van der Waals surface area (Å²) in [5.74, 6) is 0.334. The monoisotopic (exact) mass is 315 g/mol. The van der Waals surface area contributed by atoms with Gasteiger partial charge >= 0.3 is 5.97 Å². The van der Waals surface area contributed by atoms with Crippen molar-refractivity contribution in [3.05, 3.63) is 0 Å². The van der Waals surface area contributed by atoms with Crippen molar-refractivity contribution in [2.24, 2.45) is 0 Å². The first kappa shape index (κ1) is 20.8. The molecule has 0 unspecified atom stereocenters. The summed E-state index contributed by atoms with van der Waals surface area (Å²) in [5.41, 5.74) is 0. The normalized spacial score (nSPS) is 10.8. The number of esters is 1. The molecule has 1 radical (unpaired) electrons. The van der Waals surface area contributed by atoms with Gasteiger partial charge in [-0.1, -0.05) is 96.6 Å². The van der Waals surface area contributed by atoms with E-state index in [1.54, 1.807) is 0 Å². The Kier molecular flexibility index (Phi) is 17.7. The highest BCUT2D eigenvalue weighted by atomic mass is 32.1. The fourth-order valence-corrected chi connectivity index (χ4v) is 2.63. The van der Waals surface area contributed by atoms with Crippen LogP contribution in [-0.2, 0) is 9.53 Å². The molecule has 0 aliphatic carbocycles. The number of hydrogen-bond donors (Lipinski definition) is 0. The second-order valence-corrected chi connectivity index (χ2v) is 6.33. The topological polar surface area (TPSA) is 26.3 Å². The smallest absolute Gasteiger partial charge is 0.306 e. The first-order valence-electron chi connectivity index (χ1n) is 9.05. The maximum absolute atomic E-state index is 11.1. The van der Waals surface area contributed by atoms with Gasteiger partial charge in [0.15, 0.2) is 0 Å². The molecule has 0 fully saturated rings. The predicted octanol–water partition coefficient (Wildman–Crippen LogP) is 6.21. The number of hydrogen-bond acceptors (Lipinski definition) is 2. The SMILES string of the molecule is CCCCCCCCCCCCCCCOC(=O)CC[S]. The lowest BCUT2D eigenvalue weighted by Gasteiger charge is -2.04. The van der Waals surface area contributed by atoms with E-state index >= 15 is 0 Å². The van der Waals surface area contributed by atoms with Crippen LogP contribution >= 0.6 is 12.6 Å². The van der Waals surface area contributed by atoms with Crippen LogP contribution in [0.25, 0.3) is 0 Å². The molecule has 21 heavy (non-hydrogen) atoms. The van der Waals surface area contributed by atoms with Crippen molar-refractivity contribution in [3.63, 3.8) is 0 Å². The second-order valence-electron chi connectivity index (χ2n) is 5.92. The molecule has 0 heterocycles. The predicted molar refractivity (Wildman–Crippen MR) is 93.7 cm³/mol. The molecule has 0 aromatic carbocycles. The second kappa shape index (κ2) is 17.9.